The van der Waals surface area contributed by atoms with E-state index in [1.807, 2.05) is 18.2 Å². The number of rotatable bonds is 3. The molecule has 1 aromatic heterocycles. The molecule has 0 atom stereocenters. The standard InChI is InChI=1S/C15H12N2O/c18-11-12-8-16-17(9-12)10-14-6-3-5-13-4-1-2-7-15(13)14/h1-9,11H,10H2. The largest absolute Gasteiger partial charge is 0.298 e. The minimum Gasteiger partial charge on any atom is -0.298 e. The second-order valence-corrected chi connectivity index (χ2v) is 4.23. The lowest BCUT2D eigenvalue weighted by Gasteiger charge is -2.06. The van der Waals surface area contributed by atoms with Crippen LogP contribution in [0.15, 0.2) is 54.9 Å². The number of carbonyl (C=O) groups excluding carboxylic acids is 1. The van der Waals surface area contributed by atoms with Crippen LogP contribution < -0.4 is 0 Å². The zero-order chi connectivity index (χ0) is 12.4. The van der Waals surface area contributed by atoms with E-state index in [0.29, 0.717) is 12.1 Å². The van der Waals surface area contributed by atoms with E-state index in [0.717, 1.165) is 6.29 Å². The van der Waals surface area contributed by atoms with E-state index >= 15 is 0 Å². The van der Waals surface area contributed by atoms with Gasteiger partial charge in [0.25, 0.3) is 0 Å². The minimum absolute atomic E-state index is 0.607. The first kappa shape index (κ1) is 10.7. The molecule has 0 unspecified atom stereocenters. The Hall–Kier alpha value is -2.42. The second-order valence-electron chi connectivity index (χ2n) is 4.23. The molecule has 0 aliphatic carbocycles. The zero-order valence-electron chi connectivity index (χ0n) is 9.78. The maximum absolute atomic E-state index is 10.6. The van der Waals surface area contributed by atoms with Gasteiger partial charge in [-0.1, -0.05) is 42.5 Å². The van der Waals surface area contributed by atoms with E-state index in [1.165, 1.54) is 16.3 Å². The third-order valence-electron chi connectivity index (χ3n) is 3.00. The first-order valence-electron chi connectivity index (χ1n) is 5.81. The number of aromatic nitrogens is 2. The Kier molecular flexibility index (Phi) is 2.65. The van der Waals surface area contributed by atoms with Gasteiger partial charge >= 0.3 is 0 Å². The molecule has 18 heavy (non-hydrogen) atoms. The molecule has 88 valence electrons. The molecule has 0 saturated carbocycles. The molecule has 0 bridgehead atoms. The molecule has 1 heterocycles. The van der Waals surface area contributed by atoms with Crippen molar-refractivity contribution in [2.75, 3.05) is 0 Å². The van der Waals surface area contributed by atoms with Crippen LogP contribution in [0.2, 0.25) is 0 Å². The van der Waals surface area contributed by atoms with E-state index in [4.69, 9.17) is 0 Å². The fourth-order valence-electron chi connectivity index (χ4n) is 2.13. The SMILES string of the molecule is O=Cc1cnn(Cc2cccc3ccccc23)c1. The van der Waals surface area contributed by atoms with E-state index in [-0.39, 0.29) is 0 Å². The molecule has 0 N–H and O–H groups in total. The van der Waals surface area contributed by atoms with E-state index in [1.54, 1.807) is 17.1 Å². The van der Waals surface area contributed by atoms with Gasteiger partial charge in [-0.3, -0.25) is 9.48 Å². The third kappa shape index (κ3) is 1.91. The third-order valence-corrected chi connectivity index (χ3v) is 3.00. The average molecular weight is 236 g/mol. The molecule has 3 nitrogen and oxygen atoms in total. The summed E-state index contributed by atoms with van der Waals surface area (Å²) in [6, 6.07) is 14.5. The van der Waals surface area contributed by atoms with Crippen LogP contribution >= 0.6 is 0 Å². The van der Waals surface area contributed by atoms with Gasteiger partial charge in [-0.05, 0) is 16.3 Å². The Morgan fingerprint density at radius 2 is 1.94 bits per heavy atom. The second kappa shape index (κ2) is 4.45. The van der Waals surface area contributed by atoms with Crippen LogP contribution in [0.1, 0.15) is 15.9 Å². The molecule has 0 saturated heterocycles. The summed E-state index contributed by atoms with van der Waals surface area (Å²) in [6.07, 6.45) is 4.15. The summed E-state index contributed by atoms with van der Waals surface area (Å²) >= 11 is 0. The van der Waals surface area contributed by atoms with Gasteiger partial charge in [0.2, 0.25) is 0 Å². The molecule has 0 fully saturated rings. The van der Waals surface area contributed by atoms with Crippen LogP contribution in [-0.2, 0) is 6.54 Å². The van der Waals surface area contributed by atoms with Gasteiger partial charge in [-0.25, -0.2) is 0 Å². The van der Waals surface area contributed by atoms with Crippen molar-refractivity contribution in [2.24, 2.45) is 0 Å². The van der Waals surface area contributed by atoms with Gasteiger partial charge in [0.15, 0.2) is 6.29 Å². The highest BCUT2D eigenvalue weighted by Gasteiger charge is 2.02. The fraction of sp³-hybridized carbons (Fsp3) is 0.0667. The Morgan fingerprint density at radius 1 is 1.11 bits per heavy atom. The van der Waals surface area contributed by atoms with Crippen molar-refractivity contribution in [3.8, 4) is 0 Å². The van der Waals surface area contributed by atoms with Crippen molar-refractivity contribution < 1.29 is 4.79 Å². The summed E-state index contributed by atoms with van der Waals surface area (Å²) in [5.41, 5.74) is 1.81. The first-order chi connectivity index (χ1) is 8.86. The monoisotopic (exact) mass is 236 g/mol. The van der Waals surface area contributed by atoms with Gasteiger partial charge in [0.05, 0.1) is 18.3 Å². The minimum atomic E-state index is 0.607. The van der Waals surface area contributed by atoms with Gasteiger partial charge in [-0.2, -0.15) is 5.10 Å². The Bertz CT molecular complexity index is 695. The highest BCUT2D eigenvalue weighted by molar-refractivity contribution is 5.85. The lowest BCUT2D eigenvalue weighted by molar-refractivity contribution is 0.112. The lowest BCUT2D eigenvalue weighted by atomic mass is 10.0. The van der Waals surface area contributed by atoms with Crippen molar-refractivity contribution >= 4 is 17.1 Å². The lowest BCUT2D eigenvalue weighted by Crippen LogP contribution is -2.00. The van der Waals surface area contributed by atoms with Gasteiger partial charge in [-0.15, -0.1) is 0 Å². The highest BCUT2D eigenvalue weighted by atomic mass is 16.1. The first-order valence-corrected chi connectivity index (χ1v) is 5.81. The maximum atomic E-state index is 10.6. The van der Waals surface area contributed by atoms with Gasteiger partial charge < -0.3 is 0 Å². The molecule has 0 amide bonds. The number of benzene rings is 2. The molecule has 0 aliphatic rings. The summed E-state index contributed by atoms with van der Waals surface area (Å²) in [5, 5.41) is 6.62. The summed E-state index contributed by atoms with van der Waals surface area (Å²) in [6.45, 7) is 0.676. The van der Waals surface area contributed by atoms with Crippen LogP contribution in [-0.4, -0.2) is 16.1 Å². The van der Waals surface area contributed by atoms with Crippen LogP contribution in [0.5, 0.6) is 0 Å². The molecule has 2 aromatic carbocycles. The fourth-order valence-corrected chi connectivity index (χ4v) is 2.13. The average Bonchev–Trinajstić information content (AvgIpc) is 2.87. The quantitative estimate of drug-likeness (QED) is 0.655. The Labute approximate surface area is 105 Å². The summed E-state index contributed by atoms with van der Waals surface area (Å²) in [4.78, 5) is 10.6. The molecular formula is C15H12N2O. The molecule has 0 aliphatic heterocycles. The number of carbonyl (C=O) groups is 1. The van der Waals surface area contributed by atoms with E-state index < -0.39 is 0 Å². The summed E-state index contributed by atoms with van der Waals surface area (Å²) < 4.78 is 1.78. The normalized spacial score (nSPS) is 10.7. The Balaban J connectivity index is 2.01. The highest BCUT2D eigenvalue weighted by Crippen LogP contribution is 2.19. The predicted octanol–water partition coefficient (Wildman–Crippen LogP) is 2.90. The van der Waals surface area contributed by atoms with Crippen molar-refractivity contribution in [1.29, 1.82) is 0 Å². The van der Waals surface area contributed by atoms with Crippen molar-refractivity contribution in [3.63, 3.8) is 0 Å². The molecule has 3 rings (SSSR count). The smallest absolute Gasteiger partial charge is 0.153 e. The number of hydrogen-bond acceptors (Lipinski definition) is 2. The molecule has 0 spiro atoms. The number of aldehydes is 1. The van der Waals surface area contributed by atoms with Gasteiger partial charge in [0.1, 0.15) is 0 Å². The molecule has 0 radical (unpaired) electrons. The van der Waals surface area contributed by atoms with Crippen LogP contribution in [0, 0.1) is 0 Å². The number of hydrogen-bond donors (Lipinski definition) is 0. The van der Waals surface area contributed by atoms with Crippen molar-refractivity contribution in [2.45, 2.75) is 6.54 Å². The zero-order valence-corrected chi connectivity index (χ0v) is 9.78. The molecular weight excluding hydrogens is 224 g/mol. The number of nitrogens with zero attached hydrogens (tertiary/aromatic N) is 2. The van der Waals surface area contributed by atoms with Gasteiger partial charge in [0, 0.05) is 6.20 Å². The molecule has 3 aromatic rings. The predicted molar refractivity (Wildman–Crippen MR) is 70.7 cm³/mol. The summed E-state index contributed by atoms with van der Waals surface area (Å²) in [7, 11) is 0. The number of fused-ring (bicyclic) bond motifs is 1. The Morgan fingerprint density at radius 3 is 2.78 bits per heavy atom. The van der Waals surface area contributed by atoms with Crippen LogP contribution in [0.25, 0.3) is 10.8 Å². The van der Waals surface area contributed by atoms with Crippen molar-refractivity contribution in [3.05, 3.63) is 66.0 Å². The van der Waals surface area contributed by atoms with Crippen LogP contribution in [0.3, 0.4) is 0 Å². The van der Waals surface area contributed by atoms with Crippen LogP contribution in [0.4, 0.5) is 0 Å². The topological polar surface area (TPSA) is 34.9 Å². The summed E-state index contributed by atoms with van der Waals surface area (Å²) in [5.74, 6) is 0. The van der Waals surface area contributed by atoms with Crippen molar-refractivity contribution in [1.82, 2.24) is 9.78 Å². The van der Waals surface area contributed by atoms with E-state index in [9.17, 15) is 4.79 Å². The van der Waals surface area contributed by atoms with E-state index in [2.05, 4.69) is 29.4 Å². The molecule has 3 heteroatoms. The maximum Gasteiger partial charge on any atom is 0.153 e.